The maximum Gasteiger partial charge on any atom is 0.305 e. The summed E-state index contributed by atoms with van der Waals surface area (Å²) in [7, 11) is 1.49. The fourth-order valence-electron chi connectivity index (χ4n) is 2.04. The van der Waals surface area contributed by atoms with Gasteiger partial charge in [-0.05, 0) is 43.4 Å². The highest BCUT2D eigenvalue weighted by molar-refractivity contribution is 5.69. The summed E-state index contributed by atoms with van der Waals surface area (Å²) in [4.78, 5) is 11.1. The van der Waals surface area contributed by atoms with E-state index in [1.807, 2.05) is 0 Å². The zero-order chi connectivity index (χ0) is 8.55. The predicted molar refractivity (Wildman–Crippen MR) is 45.6 cm³/mol. The minimum atomic E-state index is -0.0150. The van der Waals surface area contributed by atoms with Gasteiger partial charge < -0.3 is 4.74 Å². The van der Waals surface area contributed by atoms with Crippen molar-refractivity contribution in [2.45, 2.75) is 32.1 Å². The lowest BCUT2D eigenvalue weighted by molar-refractivity contribution is -0.142. The summed E-state index contributed by atoms with van der Waals surface area (Å²) in [6, 6.07) is 0. The monoisotopic (exact) mass is 168 g/mol. The highest BCUT2D eigenvalue weighted by atomic mass is 16.5. The van der Waals surface area contributed by atoms with Crippen molar-refractivity contribution >= 4 is 5.97 Å². The van der Waals surface area contributed by atoms with Crippen LogP contribution >= 0.6 is 0 Å². The van der Waals surface area contributed by atoms with Crippen molar-refractivity contribution in [1.29, 1.82) is 0 Å². The van der Waals surface area contributed by atoms with Gasteiger partial charge in [0.05, 0.1) is 7.11 Å². The van der Waals surface area contributed by atoms with Gasteiger partial charge in [0.25, 0.3) is 0 Å². The van der Waals surface area contributed by atoms with Crippen LogP contribution in [0.25, 0.3) is 0 Å². The van der Waals surface area contributed by atoms with Crippen molar-refractivity contribution in [1.82, 2.24) is 0 Å². The predicted octanol–water partition coefficient (Wildman–Crippen LogP) is 1.99. The van der Waals surface area contributed by atoms with E-state index < -0.39 is 0 Å². The maximum absolute atomic E-state index is 11.1. The molecule has 0 aromatic rings. The summed E-state index contributed by atoms with van der Waals surface area (Å²) >= 11 is 0. The number of carbonyl (C=O) groups is 1. The van der Waals surface area contributed by atoms with Crippen molar-refractivity contribution < 1.29 is 9.53 Å². The van der Waals surface area contributed by atoms with E-state index in [9.17, 15) is 4.79 Å². The summed E-state index contributed by atoms with van der Waals surface area (Å²) in [6.07, 6.45) is 6.05. The third-order valence-electron chi connectivity index (χ3n) is 3.09. The first-order valence-corrected chi connectivity index (χ1v) is 4.88. The molecule has 0 atom stereocenters. The number of hydrogen-bond donors (Lipinski definition) is 0. The molecule has 0 bridgehead atoms. The van der Waals surface area contributed by atoms with Crippen molar-refractivity contribution in [2.75, 3.05) is 7.11 Å². The second-order valence-corrected chi connectivity index (χ2v) is 4.12. The van der Waals surface area contributed by atoms with Crippen LogP contribution < -0.4 is 0 Å². The van der Waals surface area contributed by atoms with E-state index in [2.05, 4.69) is 0 Å². The highest BCUT2D eigenvalue weighted by Crippen LogP contribution is 2.50. The van der Waals surface area contributed by atoms with Gasteiger partial charge >= 0.3 is 5.97 Å². The second kappa shape index (κ2) is 3.08. The molecule has 0 aliphatic heterocycles. The highest BCUT2D eigenvalue weighted by Gasteiger charge is 2.42. The molecule has 0 amide bonds. The Bertz CT molecular complexity index is 168. The van der Waals surface area contributed by atoms with Gasteiger partial charge in [-0.25, -0.2) is 0 Å². The topological polar surface area (TPSA) is 26.3 Å². The Hall–Kier alpha value is -0.530. The van der Waals surface area contributed by atoms with Crippen molar-refractivity contribution in [3.63, 3.8) is 0 Å². The van der Waals surface area contributed by atoms with Gasteiger partial charge in [-0.3, -0.25) is 4.79 Å². The van der Waals surface area contributed by atoms with E-state index >= 15 is 0 Å². The van der Waals surface area contributed by atoms with Gasteiger partial charge in [-0.15, -0.1) is 0 Å². The first-order chi connectivity index (χ1) is 5.81. The van der Waals surface area contributed by atoms with Crippen LogP contribution in [0.4, 0.5) is 0 Å². The van der Waals surface area contributed by atoms with Crippen LogP contribution in [0.1, 0.15) is 32.1 Å². The summed E-state index contributed by atoms with van der Waals surface area (Å²) in [5.74, 6) is 2.37. The molecule has 68 valence electrons. The third kappa shape index (κ3) is 1.79. The molecule has 2 saturated carbocycles. The Balaban J connectivity index is 1.83. The van der Waals surface area contributed by atoms with E-state index in [1.54, 1.807) is 0 Å². The molecule has 0 aromatic carbocycles. The van der Waals surface area contributed by atoms with E-state index in [0.717, 1.165) is 11.8 Å². The largest absolute Gasteiger partial charge is 0.469 e. The van der Waals surface area contributed by atoms with Gasteiger partial charge in [-0.2, -0.15) is 0 Å². The average molecular weight is 168 g/mol. The summed E-state index contributed by atoms with van der Waals surface area (Å²) in [6.45, 7) is 0. The molecule has 0 saturated heterocycles. The fraction of sp³-hybridized carbons (Fsp3) is 0.900. The minimum Gasteiger partial charge on any atom is -0.469 e. The average Bonchev–Trinajstić information content (AvgIpc) is 2.87. The van der Waals surface area contributed by atoms with E-state index in [0.29, 0.717) is 12.3 Å². The maximum atomic E-state index is 11.1. The smallest absolute Gasteiger partial charge is 0.305 e. The van der Waals surface area contributed by atoms with Gasteiger partial charge in [0.15, 0.2) is 0 Å². The molecule has 0 N–H and O–H groups in total. The zero-order valence-electron chi connectivity index (χ0n) is 7.58. The minimum absolute atomic E-state index is 0.0150. The van der Waals surface area contributed by atoms with Gasteiger partial charge in [0.1, 0.15) is 0 Å². The molecule has 2 aliphatic carbocycles. The van der Waals surface area contributed by atoms with Crippen LogP contribution in [-0.2, 0) is 9.53 Å². The lowest BCUT2D eigenvalue weighted by Crippen LogP contribution is -2.13. The van der Waals surface area contributed by atoms with Crippen LogP contribution in [0.5, 0.6) is 0 Å². The molecular formula is C10H16O2. The second-order valence-electron chi connectivity index (χ2n) is 4.12. The van der Waals surface area contributed by atoms with Gasteiger partial charge in [-0.1, -0.05) is 0 Å². The van der Waals surface area contributed by atoms with E-state index in [-0.39, 0.29) is 5.97 Å². The van der Waals surface area contributed by atoms with Crippen molar-refractivity contribution in [3.05, 3.63) is 0 Å². The normalized spacial score (nSPS) is 22.8. The quantitative estimate of drug-likeness (QED) is 0.600. The Labute approximate surface area is 73.3 Å². The Morgan fingerprint density at radius 1 is 1.33 bits per heavy atom. The molecule has 2 nitrogen and oxygen atoms in total. The molecule has 0 radical (unpaired) electrons. The molecule has 0 spiro atoms. The molecule has 2 heteroatoms. The molecule has 2 fully saturated rings. The number of ether oxygens (including phenoxy) is 1. The van der Waals surface area contributed by atoms with Crippen LogP contribution in [0.2, 0.25) is 0 Å². The van der Waals surface area contributed by atoms with Crippen molar-refractivity contribution in [2.24, 2.45) is 17.8 Å². The SMILES string of the molecule is COC(=O)CC(C1CC1)C1CC1. The standard InChI is InChI=1S/C10H16O2/c1-12-10(11)6-9(7-2-3-7)8-4-5-8/h7-9H,2-6H2,1H3. The molecular weight excluding hydrogens is 152 g/mol. The number of rotatable bonds is 4. The Morgan fingerprint density at radius 3 is 2.17 bits per heavy atom. The molecule has 0 heterocycles. The number of hydrogen-bond acceptors (Lipinski definition) is 2. The van der Waals surface area contributed by atoms with Crippen LogP contribution in [0.3, 0.4) is 0 Å². The Kier molecular flexibility index (Phi) is 2.07. The third-order valence-corrected chi connectivity index (χ3v) is 3.09. The van der Waals surface area contributed by atoms with Crippen LogP contribution in [0, 0.1) is 17.8 Å². The molecule has 2 rings (SSSR count). The Morgan fingerprint density at radius 2 is 1.83 bits per heavy atom. The summed E-state index contributed by atoms with van der Waals surface area (Å²) in [5, 5.41) is 0. The first kappa shape index (κ1) is 8.09. The van der Waals surface area contributed by atoms with Gasteiger partial charge in [0.2, 0.25) is 0 Å². The number of carbonyl (C=O) groups excluding carboxylic acids is 1. The van der Waals surface area contributed by atoms with E-state index in [1.165, 1.54) is 32.8 Å². The molecule has 0 aromatic heterocycles. The van der Waals surface area contributed by atoms with Crippen LogP contribution in [0.15, 0.2) is 0 Å². The first-order valence-electron chi connectivity index (χ1n) is 4.88. The van der Waals surface area contributed by atoms with Gasteiger partial charge in [0, 0.05) is 6.42 Å². The molecule has 0 unspecified atom stereocenters. The molecule has 12 heavy (non-hydrogen) atoms. The number of methoxy groups -OCH3 is 1. The molecule has 2 aliphatic rings. The lowest BCUT2D eigenvalue weighted by atomic mass is 9.94. The summed E-state index contributed by atoms with van der Waals surface area (Å²) < 4.78 is 4.70. The fourth-order valence-corrected chi connectivity index (χ4v) is 2.04. The summed E-state index contributed by atoms with van der Waals surface area (Å²) in [5.41, 5.74) is 0. The van der Waals surface area contributed by atoms with E-state index in [4.69, 9.17) is 4.74 Å². The zero-order valence-corrected chi connectivity index (χ0v) is 7.58. The number of esters is 1. The lowest BCUT2D eigenvalue weighted by Gasteiger charge is -2.12. The van der Waals surface area contributed by atoms with Crippen LogP contribution in [-0.4, -0.2) is 13.1 Å². The van der Waals surface area contributed by atoms with Crippen molar-refractivity contribution in [3.8, 4) is 0 Å².